The Labute approximate surface area is 124 Å². The van der Waals surface area contributed by atoms with Crippen LogP contribution in [0.15, 0.2) is 24.3 Å². The van der Waals surface area contributed by atoms with E-state index in [1.165, 1.54) is 0 Å². The number of aromatic nitrogens is 2. The lowest BCUT2D eigenvalue weighted by atomic mass is 10.1. The maximum atomic E-state index is 12.0. The van der Waals surface area contributed by atoms with Crippen LogP contribution >= 0.6 is 0 Å². The van der Waals surface area contributed by atoms with E-state index < -0.39 is 0 Å². The molecule has 1 heterocycles. The number of hydrogen-bond acceptors (Lipinski definition) is 3. The van der Waals surface area contributed by atoms with Gasteiger partial charge in [-0.05, 0) is 38.5 Å². The summed E-state index contributed by atoms with van der Waals surface area (Å²) in [5.41, 5.74) is 3.94. The summed E-state index contributed by atoms with van der Waals surface area (Å²) in [5.74, 6) is 0.825. The van der Waals surface area contributed by atoms with Crippen LogP contribution < -0.4 is 10.1 Å². The van der Waals surface area contributed by atoms with Gasteiger partial charge in [-0.3, -0.25) is 9.89 Å². The number of rotatable bonds is 6. The molecule has 0 saturated carbocycles. The zero-order chi connectivity index (χ0) is 15.2. The van der Waals surface area contributed by atoms with E-state index in [1.54, 1.807) is 0 Å². The van der Waals surface area contributed by atoms with Crippen LogP contribution in [0.2, 0.25) is 0 Å². The van der Waals surface area contributed by atoms with Gasteiger partial charge in [0.05, 0.1) is 18.7 Å². The van der Waals surface area contributed by atoms with Crippen molar-refractivity contribution < 1.29 is 9.53 Å². The molecule has 0 aliphatic rings. The molecule has 21 heavy (non-hydrogen) atoms. The molecular formula is C16H21N3O2. The zero-order valence-corrected chi connectivity index (χ0v) is 12.7. The lowest BCUT2D eigenvalue weighted by molar-refractivity contribution is -0.120. The monoisotopic (exact) mass is 287 g/mol. The average molecular weight is 287 g/mol. The van der Waals surface area contributed by atoms with E-state index in [4.69, 9.17) is 4.74 Å². The largest absolute Gasteiger partial charge is 0.494 e. The summed E-state index contributed by atoms with van der Waals surface area (Å²) in [7, 11) is 0. The summed E-state index contributed by atoms with van der Waals surface area (Å²) >= 11 is 0. The topological polar surface area (TPSA) is 67.0 Å². The Morgan fingerprint density at radius 1 is 1.29 bits per heavy atom. The summed E-state index contributed by atoms with van der Waals surface area (Å²) < 4.78 is 5.38. The number of ether oxygens (including phenoxy) is 1. The van der Waals surface area contributed by atoms with E-state index in [0.29, 0.717) is 19.6 Å². The number of hydrogen-bond donors (Lipinski definition) is 2. The van der Waals surface area contributed by atoms with Gasteiger partial charge in [0.1, 0.15) is 5.75 Å². The van der Waals surface area contributed by atoms with Gasteiger partial charge in [-0.2, -0.15) is 5.10 Å². The predicted octanol–water partition coefficient (Wildman–Crippen LogP) is 2.28. The number of H-pyrrole nitrogens is 1. The summed E-state index contributed by atoms with van der Waals surface area (Å²) in [6, 6.07) is 7.60. The van der Waals surface area contributed by atoms with Gasteiger partial charge >= 0.3 is 0 Å². The van der Waals surface area contributed by atoms with Gasteiger partial charge < -0.3 is 10.1 Å². The number of carbonyl (C=O) groups is 1. The zero-order valence-electron chi connectivity index (χ0n) is 12.7. The Hall–Kier alpha value is -2.30. The minimum Gasteiger partial charge on any atom is -0.494 e. The number of amides is 1. The summed E-state index contributed by atoms with van der Waals surface area (Å²) in [5, 5.41) is 9.95. The third kappa shape index (κ3) is 4.08. The standard InChI is InChI=1S/C16H21N3O2/c1-4-21-14-7-5-13(6-8-14)9-16(20)17-10-15-11(2)18-19-12(15)3/h5-8H,4,9-10H2,1-3H3,(H,17,20)(H,18,19). The van der Waals surface area contributed by atoms with Crippen molar-refractivity contribution in [2.45, 2.75) is 33.7 Å². The molecule has 0 unspecified atom stereocenters. The highest BCUT2D eigenvalue weighted by Gasteiger charge is 2.08. The SMILES string of the molecule is CCOc1ccc(CC(=O)NCc2c(C)n[nH]c2C)cc1. The number of carbonyl (C=O) groups excluding carboxylic acids is 1. The first-order valence-corrected chi connectivity index (χ1v) is 7.09. The van der Waals surface area contributed by atoms with E-state index in [1.807, 2.05) is 45.0 Å². The molecule has 5 nitrogen and oxygen atoms in total. The Morgan fingerprint density at radius 3 is 2.57 bits per heavy atom. The third-order valence-corrected chi connectivity index (χ3v) is 3.34. The highest BCUT2D eigenvalue weighted by atomic mass is 16.5. The van der Waals surface area contributed by atoms with Crippen LogP contribution in [0.25, 0.3) is 0 Å². The molecule has 2 rings (SSSR count). The highest BCUT2D eigenvalue weighted by Crippen LogP contribution is 2.13. The minimum absolute atomic E-state index is 0.000778. The fourth-order valence-electron chi connectivity index (χ4n) is 2.14. The van der Waals surface area contributed by atoms with Crippen LogP contribution in [0, 0.1) is 13.8 Å². The second-order valence-electron chi connectivity index (χ2n) is 4.94. The maximum absolute atomic E-state index is 12.0. The van der Waals surface area contributed by atoms with Crippen LogP contribution in [-0.2, 0) is 17.8 Å². The summed E-state index contributed by atoms with van der Waals surface area (Å²) in [6.45, 7) is 6.97. The maximum Gasteiger partial charge on any atom is 0.224 e. The van der Waals surface area contributed by atoms with E-state index in [-0.39, 0.29) is 5.91 Å². The van der Waals surface area contributed by atoms with Gasteiger partial charge in [0, 0.05) is 17.8 Å². The molecule has 0 bridgehead atoms. The Morgan fingerprint density at radius 2 is 2.00 bits per heavy atom. The second-order valence-corrected chi connectivity index (χ2v) is 4.94. The normalized spacial score (nSPS) is 10.4. The lowest BCUT2D eigenvalue weighted by Crippen LogP contribution is -2.25. The first-order chi connectivity index (χ1) is 10.1. The number of nitrogens with one attached hydrogen (secondary N) is 2. The average Bonchev–Trinajstić information content (AvgIpc) is 2.78. The quantitative estimate of drug-likeness (QED) is 0.856. The van der Waals surface area contributed by atoms with Gasteiger partial charge in [0.15, 0.2) is 0 Å². The molecule has 0 saturated heterocycles. The third-order valence-electron chi connectivity index (χ3n) is 3.34. The van der Waals surface area contributed by atoms with Crippen molar-refractivity contribution in [1.82, 2.24) is 15.5 Å². The predicted molar refractivity (Wildman–Crippen MR) is 81.2 cm³/mol. The molecule has 1 amide bonds. The Bertz CT molecular complexity index is 583. The molecular weight excluding hydrogens is 266 g/mol. The molecule has 0 aliphatic heterocycles. The Kier molecular flexibility index (Phi) is 4.98. The first kappa shape index (κ1) is 15.1. The molecule has 1 aromatic heterocycles. The summed E-state index contributed by atoms with van der Waals surface area (Å²) in [4.78, 5) is 12.0. The van der Waals surface area contributed by atoms with Crippen molar-refractivity contribution in [3.05, 3.63) is 46.8 Å². The molecule has 112 valence electrons. The van der Waals surface area contributed by atoms with E-state index in [2.05, 4.69) is 15.5 Å². The van der Waals surface area contributed by atoms with Gasteiger partial charge in [-0.25, -0.2) is 0 Å². The smallest absolute Gasteiger partial charge is 0.224 e. The highest BCUT2D eigenvalue weighted by molar-refractivity contribution is 5.78. The molecule has 1 aromatic carbocycles. The number of nitrogens with zero attached hydrogens (tertiary/aromatic N) is 1. The molecule has 0 radical (unpaired) electrons. The van der Waals surface area contributed by atoms with Crippen LogP contribution in [-0.4, -0.2) is 22.7 Å². The van der Waals surface area contributed by atoms with Gasteiger partial charge in [-0.1, -0.05) is 12.1 Å². The molecule has 2 aromatic rings. The molecule has 0 atom stereocenters. The number of aromatic amines is 1. The van der Waals surface area contributed by atoms with E-state index >= 15 is 0 Å². The Balaban J connectivity index is 1.87. The van der Waals surface area contributed by atoms with Gasteiger partial charge in [0.25, 0.3) is 0 Å². The van der Waals surface area contributed by atoms with Crippen LogP contribution in [0.4, 0.5) is 0 Å². The van der Waals surface area contributed by atoms with Gasteiger partial charge in [0.2, 0.25) is 5.91 Å². The second kappa shape index (κ2) is 6.92. The van der Waals surface area contributed by atoms with Crippen molar-refractivity contribution in [3.8, 4) is 5.75 Å². The molecule has 0 fully saturated rings. The lowest BCUT2D eigenvalue weighted by Gasteiger charge is -2.07. The van der Waals surface area contributed by atoms with Gasteiger partial charge in [-0.15, -0.1) is 0 Å². The minimum atomic E-state index is -0.000778. The first-order valence-electron chi connectivity index (χ1n) is 7.09. The van der Waals surface area contributed by atoms with Crippen molar-refractivity contribution in [3.63, 3.8) is 0 Å². The van der Waals surface area contributed by atoms with Crippen LogP contribution in [0.5, 0.6) is 5.75 Å². The van der Waals surface area contributed by atoms with Crippen LogP contribution in [0.1, 0.15) is 29.4 Å². The van der Waals surface area contributed by atoms with E-state index in [9.17, 15) is 4.79 Å². The summed E-state index contributed by atoms with van der Waals surface area (Å²) in [6.07, 6.45) is 0.363. The van der Waals surface area contributed by atoms with Crippen molar-refractivity contribution in [1.29, 1.82) is 0 Å². The molecule has 0 spiro atoms. The van der Waals surface area contributed by atoms with Crippen molar-refractivity contribution >= 4 is 5.91 Å². The van der Waals surface area contributed by atoms with Crippen molar-refractivity contribution in [2.24, 2.45) is 0 Å². The fourth-order valence-corrected chi connectivity index (χ4v) is 2.14. The fraction of sp³-hybridized carbons (Fsp3) is 0.375. The van der Waals surface area contributed by atoms with E-state index in [0.717, 1.165) is 28.3 Å². The molecule has 5 heteroatoms. The van der Waals surface area contributed by atoms with Crippen molar-refractivity contribution in [2.75, 3.05) is 6.61 Å². The number of benzene rings is 1. The number of aryl methyl sites for hydroxylation is 2. The van der Waals surface area contributed by atoms with Crippen LogP contribution in [0.3, 0.4) is 0 Å². The molecule has 0 aliphatic carbocycles. The molecule has 2 N–H and O–H groups in total.